The van der Waals surface area contributed by atoms with Crippen LogP contribution in [0.4, 0.5) is 0 Å². The van der Waals surface area contributed by atoms with Gasteiger partial charge in [0.2, 0.25) is 0 Å². The van der Waals surface area contributed by atoms with Gasteiger partial charge in [-0.1, -0.05) is 0 Å². The van der Waals surface area contributed by atoms with Crippen molar-refractivity contribution in [2.24, 2.45) is 0 Å². The van der Waals surface area contributed by atoms with E-state index in [2.05, 4.69) is 37.7 Å². The highest BCUT2D eigenvalue weighted by molar-refractivity contribution is 9.10. The van der Waals surface area contributed by atoms with Gasteiger partial charge in [0.25, 0.3) is 0 Å². The minimum atomic E-state index is 0.640. The van der Waals surface area contributed by atoms with Crippen LogP contribution < -0.4 is 0 Å². The Balaban J connectivity index is 2.24. The molecule has 2 aromatic rings. The SMILES string of the molecule is ClCCc1nc(-c2cc(Br)cs2)cs1. The van der Waals surface area contributed by atoms with Gasteiger partial charge in [0, 0.05) is 27.5 Å². The van der Waals surface area contributed by atoms with E-state index in [-0.39, 0.29) is 0 Å². The summed E-state index contributed by atoms with van der Waals surface area (Å²) in [6, 6.07) is 2.09. The van der Waals surface area contributed by atoms with Gasteiger partial charge in [-0.2, -0.15) is 0 Å². The van der Waals surface area contributed by atoms with Crippen LogP contribution in [0, 0.1) is 0 Å². The molecule has 0 aromatic carbocycles. The summed E-state index contributed by atoms with van der Waals surface area (Å²) >= 11 is 12.5. The molecule has 0 spiro atoms. The Morgan fingerprint density at radius 1 is 1.36 bits per heavy atom. The fourth-order valence-electron chi connectivity index (χ4n) is 1.07. The van der Waals surface area contributed by atoms with Crippen LogP contribution in [0.2, 0.25) is 0 Å². The monoisotopic (exact) mass is 307 g/mol. The maximum Gasteiger partial charge on any atom is 0.0944 e. The molecule has 0 atom stereocenters. The number of hydrogen-bond donors (Lipinski definition) is 0. The van der Waals surface area contributed by atoms with E-state index in [0.717, 1.165) is 21.6 Å². The average Bonchev–Trinajstić information content (AvgIpc) is 2.74. The molecule has 2 aromatic heterocycles. The van der Waals surface area contributed by atoms with Crippen LogP contribution in [0.3, 0.4) is 0 Å². The molecule has 0 N–H and O–H groups in total. The van der Waals surface area contributed by atoms with Gasteiger partial charge in [0.05, 0.1) is 15.6 Å². The third-order valence-electron chi connectivity index (χ3n) is 1.68. The molecule has 0 fully saturated rings. The zero-order valence-corrected chi connectivity index (χ0v) is 11.1. The van der Waals surface area contributed by atoms with E-state index in [1.54, 1.807) is 22.7 Å². The molecule has 74 valence electrons. The quantitative estimate of drug-likeness (QED) is 0.765. The Labute approximate surface area is 104 Å². The molecule has 0 unspecified atom stereocenters. The normalized spacial score (nSPS) is 10.7. The molecule has 0 radical (unpaired) electrons. The molecular formula is C9H7BrClNS2. The van der Waals surface area contributed by atoms with Crippen molar-refractivity contribution in [2.45, 2.75) is 6.42 Å². The van der Waals surface area contributed by atoms with Gasteiger partial charge >= 0.3 is 0 Å². The second-order valence-electron chi connectivity index (χ2n) is 2.69. The summed E-state index contributed by atoms with van der Waals surface area (Å²) in [4.78, 5) is 5.71. The van der Waals surface area contributed by atoms with Crippen LogP contribution in [0.5, 0.6) is 0 Å². The summed E-state index contributed by atoms with van der Waals surface area (Å²) < 4.78 is 1.12. The van der Waals surface area contributed by atoms with Gasteiger partial charge in [0.1, 0.15) is 0 Å². The Kier molecular flexibility index (Phi) is 3.60. The number of aryl methyl sites for hydroxylation is 1. The number of hydrogen-bond acceptors (Lipinski definition) is 3. The van der Waals surface area contributed by atoms with E-state index in [9.17, 15) is 0 Å². The lowest BCUT2D eigenvalue weighted by Crippen LogP contribution is -1.83. The first-order valence-electron chi connectivity index (χ1n) is 4.04. The molecule has 0 aliphatic heterocycles. The predicted octanol–water partition coefficient (Wildman–Crippen LogP) is 4.42. The Morgan fingerprint density at radius 3 is 2.86 bits per heavy atom. The smallest absolute Gasteiger partial charge is 0.0944 e. The van der Waals surface area contributed by atoms with Crippen molar-refractivity contribution in [1.29, 1.82) is 0 Å². The van der Waals surface area contributed by atoms with Gasteiger partial charge in [-0.05, 0) is 22.0 Å². The lowest BCUT2D eigenvalue weighted by Gasteiger charge is -1.88. The molecule has 2 rings (SSSR count). The zero-order chi connectivity index (χ0) is 9.97. The summed E-state index contributed by atoms with van der Waals surface area (Å²) in [5, 5.41) is 5.26. The summed E-state index contributed by atoms with van der Waals surface area (Å²) in [5.74, 6) is 0.640. The molecule has 5 heteroatoms. The van der Waals surface area contributed by atoms with E-state index in [0.29, 0.717) is 5.88 Å². The highest BCUT2D eigenvalue weighted by Crippen LogP contribution is 2.30. The molecule has 0 saturated carbocycles. The number of rotatable bonds is 3. The number of nitrogens with zero attached hydrogens (tertiary/aromatic N) is 1. The average molecular weight is 309 g/mol. The van der Waals surface area contributed by atoms with Gasteiger partial charge in [-0.3, -0.25) is 0 Å². The first-order chi connectivity index (χ1) is 6.79. The van der Waals surface area contributed by atoms with Crippen molar-refractivity contribution in [3.63, 3.8) is 0 Å². The Bertz CT molecular complexity index is 424. The van der Waals surface area contributed by atoms with Crippen molar-refractivity contribution in [3.05, 3.63) is 26.3 Å². The van der Waals surface area contributed by atoms with Crippen molar-refractivity contribution in [3.8, 4) is 10.6 Å². The number of alkyl halides is 1. The van der Waals surface area contributed by atoms with E-state index in [4.69, 9.17) is 11.6 Å². The lowest BCUT2D eigenvalue weighted by molar-refractivity contribution is 1.11. The molecule has 1 nitrogen and oxygen atoms in total. The highest BCUT2D eigenvalue weighted by Gasteiger charge is 2.06. The topological polar surface area (TPSA) is 12.9 Å². The largest absolute Gasteiger partial charge is 0.240 e. The molecule has 2 heterocycles. The molecule has 0 saturated heterocycles. The second kappa shape index (κ2) is 4.75. The molecule has 0 amide bonds. The van der Waals surface area contributed by atoms with Crippen LogP contribution in [-0.2, 0) is 6.42 Å². The van der Waals surface area contributed by atoms with Gasteiger partial charge < -0.3 is 0 Å². The van der Waals surface area contributed by atoms with E-state index in [1.807, 2.05) is 0 Å². The van der Waals surface area contributed by atoms with Crippen molar-refractivity contribution < 1.29 is 0 Å². The predicted molar refractivity (Wildman–Crippen MR) is 67.6 cm³/mol. The summed E-state index contributed by atoms with van der Waals surface area (Å²) in [7, 11) is 0. The molecular weight excluding hydrogens is 302 g/mol. The van der Waals surface area contributed by atoms with Crippen LogP contribution in [0.1, 0.15) is 5.01 Å². The number of halogens is 2. The van der Waals surface area contributed by atoms with Gasteiger partial charge in [-0.15, -0.1) is 34.3 Å². The summed E-state index contributed by atoms with van der Waals surface area (Å²) in [6.45, 7) is 0. The van der Waals surface area contributed by atoms with E-state index in [1.165, 1.54) is 4.88 Å². The third-order valence-corrected chi connectivity index (χ3v) is 4.49. The van der Waals surface area contributed by atoms with Gasteiger partial charge in [-0.25, -0.2) is 4.98 Å². The second-order valence-corrected chi connectivity index (χ2v) is 5.84. The van der Waals surface area contributed by atoms with E-state index >= 15 is 0 Å². The third kappa shape index (κ3) is 2.37. The highest BCUT2D eigenvalue weighted by atomic mass is 79.9. The molecule has 0 aliphatic rings. The fourth-order valence-corrected chi connectivity index (χ4v) is 3.62. The standard InChI is InChI=1S/C9H7BrClNS2/c10-6-3-8(13-4-6)7-5-14-9(12-7)1-2-11/h3-5H,1-2H2. The van der Waals surface area contributed by atoms with Crippen LogP contribution in [0.25, 0.3) is 10.6 Å². The minimum Gasteiger partial charge on any atom is -0.240 e. The lowest BCUT2D eigenvalue weighted by atomic mass is 10.4. The first kappa shape index (κ1) is 10.6. The fraction of sp³-hybridized carbons (Fsp3) is 0.222. The first-order valence-corrected chi connectivity index (χ1v) is 7.13. The number of thiazole rings is 1. The minimum absolute atomic E-state index is 0.640. The summed E-state index contributed by atoms with van der Waals surface area (Å²) in [6.07, 6.45) is 0.860. The number of aromatic nitrogens is 1. The van der Waals surface area contributed by atoms with Crippen LogP contribution >= 0.6 is 50.2 Å². The maximum atomic E-state index is 5.66. The Morgan fingerprint density at radius 2 is 2.21 bits per heavy atom. The molecule has 0 bridgehead atoms. The van der Waals surface area contributed by atoms with Crippen LogP contribution in [-0.4, -0.2) is 10.9 Å². The van der Waals surface area contributed by atoms with Crippen LogP contribution in [0.15, 0.2) is 21.3 Å². The van der Waals surface area contributed by atoms with Crippen molar-refractivity contribution in [1.82, 2.24) is 4.98 Å². The van der Waals surface area contributed by atoms with Crippen molar-refractivity contribution >= 4 is 50.2 Å². The molecule has 0 aliphatic carbocycles. The zero-order valence-electron chi connectivity index (χ0n) is 7.17. The maximum absolute atomic E-state index is 5.66. The van der Waals surface area contributed by atoms with Gasteiger partial charge in [0.15, 0.2) is 0 Å². The summed E-state index contributed by atoms with van der Waals surface area (Å²) in [5.41, 5.74) is 1.06. The number of thiophene rings is 1. The molecule has 14 heavy (non-hydrogen) atoms. The van der Waals surface area contributed by atoms with Crippen molar-refractivity contribution in [2.75, 3.05) is 5.88 Å². The Hall–Kier alpha value is 0.1000. The van der Waals surface area contributed by atoms with E-state index < -0.39 is 0 Å².